The lowest BCUT2D eigenvalue weighted by Crippen LogP contribution is -2.28. The zero-order chi connectivity index (χ0) is 14.4. The van der Waals surface area contributed by atoms with E-state index in [-0.39, 0.29) is 29.6 Å². The van der Waals surface area contributed by atoms with Crippen LogP contribution in [0.3, 0.4) is 0 Å². The Labute approximate surface area is 112 Å². The number of esters is 1. The van der Waals surface area contributed by atoms with E-state index in [1.807, 2.05) is 0 Å². The summed E-state index contributed by atoms with van der Waals surface area (Å²) in [5.74, 6) is -0.544. The van der Waals surface area contributed by atoms with Crippen LogP contribution in [0.2, 0.25) is 0 Å². The van der Waals surface area contributed by atoms with Crippen molar-refractivity contribution in [2.45, 2.75) is 19.8 Å². The largest absolute Gasteiger partial charge is 0.507 e. The molecule has 1 amide bonds. The number of benzene rings is 1. The van der Waals surface area contributed by atoms with Gasteiger partial charge in [-0.15, -0.1) is 0 Å². The van der Waals surface area contributed by atoms with Crippen molar-refractivity contribution in [3.8, 4) is 5.75 Å². The molecule has 1 N–H and O–H groups in total. The first kappa shape index (κ1) is 15.0. The van der Waals surface area contributed by atoms with Crippen molar-refractivity contribution in [1.82, 2.24) is 4.90 Å². The van der Waals surface area contributed by atoms with Crippen molar-refractivity contribution in [2.24, 2.45) is 0 Å². The molecule has 0 bridgehead atoms. The molecule has 0 unspecified atom stereocenters. The van der Waals surface area contributed by atoms with Gasteiger partial charge in [0.15, 0.2) is 0 Å². The maximum absolute atomic E-state index is 12.1. The number of para-hydroxylation sites is 1. The van der Waals surface area contributed by atoms with Gasteiger partial charge in [-0.25, -0.2) is 0 Å². The molecule has 0 saturated carbocycles. The van der Waals surface area contributed by atoms with E-state index in [0.29, 0.717) is 18.5 Å². The molecule has 0 atom stereocenters. The predicted molar refractivity (Wildman–Crippen MR) is 71.1 cm³/mol. The van der Waals surface area contributed by atoms with Crippen LogP contribution in [-0.4, -0.2) is 42.6 Å². The Morgan fingerprint density at radius 3 is 2.68 bits per heavy atom. The maximum Gasteiger partial charge on any atom is 0.305 e. The third-order valence-corrected chi connectivity index (χ3v) is 2.92. The first-order valence-corrected chi connectivity index (χ1v) is 6.08. The minimum atomic E-state index is -0.292. The molecule has 0 radical (unpaired) electrons. The Balaban J connectivity index is 2.62. The summed E-state index contributed by atoms with van der Waals surface area (Å²) in [5, 5.41) is 9.85. The highest BCUT2D eigenvalue weighted by Crippen LogP contribution is 2.22. The van der Waals surface area contributed by atoms with Crippen molar-refractivity contribution < 1.29 is 19.4 Å². The van der Waals surface area contributed by atoms with E-state index in [1.165, 1.54) is 12.0 Å². The van der Waals surface area contributed by atoms with Crippen molar-refractivity contribution in [3.05, 3.63) is 29.3 Å². The standard InChI is InChI=1S/C14H19NO4/c1-10-6-4-7-11(13(10)17)14(18)15(2)9-5-8-12(16)19-3/h4,6-7,17H,5,8-9H2,1-3H3. The minimum absolute atomic E-state index is 0.00678. The normalized spacial score (nSPS) is 10.1. The number of carbonyl (C=O) groups is 2. The van der Waals surface area contributed by atoms with E-state index in [9.17, 15) is 14.7 Å². The van der Waals surface area contributed by atoms with Crippen molar-refractivity contribution in [2.75, 3.05) is 20.7 Å². The fourth-order valence-electron chi connectivity index (χ4n) is 1.70. The summed E-state index contributed by atoms with van der Waals surface area (Å²) >= 11 is 0. The Morgan fingerprint density at radius 1 is 1.37 bits per heavy atom. The predicted octanol–water partition coefficient (Wildman–Crippen LogP) is 1.73. The van der Waals surface area contributed by atoms with Crippen molar-refractivity contribution in [3.63, 3.8) is 0 Å². The fourth-order valence-corrected chi connectivity index (χ4v) is 1.70. The number of phenolic OH excluding ortho intramolecular Hbond substituents is 1. The molecule has 0 spiro atoms. The highest BCUT2D eigenvalue weighted by Gasteiger charge is 2.16. The van der Waals surface area contributed by atoms with Gasteiger partial charge in [0.2, 0.25) is 0 Å². The molecule has 5 heteroatoms. The summed E-state index contributed by atoms with van der Waals surface area (Å²) < 4.78 is 4.53. The van der Waals surface area contributed by atoms with Gasteiger partial charge in [0.25, 0.3) is 5.91 Å². The van der Waals surface area contributed by atoms with Gasteiger partial charge < -0.3 is 14.7 Å². The molecule has 104 valence electrons. The van der Waals surface area contributed by atoms with Crippen LogP contribution in [0.1, 0.15) is 28.8 Å². The molecule has 0 fully saturated rings. The van der Waals surface area contributed by atoms with Crippen LogP contribution < -0.4 is 0 Å². The summed E-state index contributed by atoms with van der Waals surface area (Å²) in [7, 11) is 2.98. The summed E-state index contributed by atoms with van der Waals surface area (Å²) in [6.07, 6.45) is 0.801. The lowest BCUT2D eigenvalue weighted by molar-refractivity contribution is -0.140. The number of hydrogen-bond acceptors (Lipinski definition) is 4. The van der Waals surface area contributed by atoms with Crippen LogP contribution in [0.15, 0.2) is 18.2 Å². The first-order valence-electron chi connectivity index (χ1n) is 6.08. The summed E-state index contributed by atoms with van der Waals surface area (Å²) in [6, 6.07) is 5.05. The van der Waals surface area contributed by atoms with Gasteiger partial charge in [-0.3, -0.25) is 9.59 Å². The van der Waals surface area contributed by atoms with Gasteiger partial charge in [-0.2, -0.15) is 0 Å². The number of ether oxygens (including phenoxy) is 1. The Kier molecular flexibility index (Phi) is 5.36. The molecule has 1 rings (SSSR count). The molecule has 0 saturated heterocycles. The highest BCUT2D eigenvalue weighted by molar-refractivity contribution is 5.97. The molecule has 1 aromatic carbocycles. The summed E-state index contributed by atoms with van der Waals surface area (Å²) in [5.41, 5.74) is 0.939. The average Bonchev–Trinajstić information content (AvgIpc) is 2.40. The van der Waals surface area contributed by atoms with E-state index in [2.05, 4.69) is 4.74 Å². The molecule has 0 heterocycles. The number of hydrogen-bond donors (Lipinski definition) is 1. The average molecular weight is 265 g/mol. The van der Waals surface area contributed by atoms with Crippen molar-refractivity contribution in [1.29, 1.82) is 0 Å². The van der Waals surface area contributed by atoms with Crippen LogP contribution >= 0.6 is 0 Å². The Morgan fingerprint density at radius 2 is 2.05 bits per heavy atom. The van der Waals surface area contributed by atoms with Gasteiger partial charge in [0.05, 0.1) is 12.7 Å². The first-order chi connectivity index (χ1) is 8.97. The van der Waals surface area contributed by atoms with Crippen LogP contribution in [-0.2, 0) is 9.53 Å². The summed E-state index contributed by atoms with van der Waals surface area (Å²) in [4.78, 5) is 24.6. The number of carbonyl (C=O) groups excluding carboxylic acids is 2. The third-order valence-electron chi connectivity index (χ3n) is 2.92. The highest BCUT2D eigenvalue weighted by atomic mass is 16.5. The number of phenols is 1. The van der Waals surface area contributed by atoms with E-state index in [4.69, 9.17) is 0 Å². The summed E-state index contributed by atoms with van der Waals surface area (Å²) in [6.45, 7) is 2.17. The number of methoxy groups -OCH3 is 1. The maximum atomic E-state index is 12.1. The third kappa shape index (κ3) is 3.98. The number of aromatic hydroxyl groups is 1. The van der Waals surface area contributed by atoms with Gasteiger partial charge in [0.1, 0.15) is 5.75 Å². The number of amides is 1. The van der Waals surface area contributed by atoms with Crippen LogP contribution in [0.4, 0.5) is 0 Å². The minimum Gasteiger partial charge on any atom is -0.507 e. The quantitative estimate of drug-likeness (QED) is 0.823. The zero-order valence-corrected chi connectivity index (χ0v) is 11.5. The van der Waals surface area contributed by atoms with Crippen LogP contribution in [0.5, 0.6) is 5.75 Å². The smallest absolute Gasteiger partial charge is 0.305 e. The Bertz CT molecular complexity index is 471. The van der Waals surface area contributed by atoms with Gasteiger partial charge in [-0.1, -0.05) is 12.1 Å². The molecule has 0 aliphatic rings. The van der Waals surface area contributed by atoms with Crippen LogP contribution in [0, 0.1) is 6.92 Å². The lowest BCUT2D eigenvalue weighted by atomic mass is 10.1. The van der Waals surface area contributed by atoms with Gasteiger partial charge >= 0.3 is 5.97 Å². The van der Waals surface area contributed by atoms with E-state index in [1.54, 1.807) is 32.2 Å². The van der Waals surface area contributed by atoms with E-state index < -0.39 is 0 Å². The monoisotopic (exact) mass is 265 g/mol. The zero-order valence-electron chi connectivity index (χ0n) is 11.5. The number of rotatable bonds is 5. The molecule has 0 aliphatic heterocycles. The molecule has 1 aromatic rings. The lowest BCUT2D eigenvalue weighted by Gasteiger charge is -2.18. The second-order valence-corrected chi connectivity index (χ2v) is 4.38. The van der Waals surface area contributed by atoms with E-state index >= 15 is 0 Å². The molecular weight excluding hydrogens is 246 g/mol. The Hall–Kier alpha value is -2.04. The number of nitrogens with zero attached hydrogens (tertiary/aromatic N) is 1. The molecule has 0 aromatic heterocycles. The molecule has 0 aliphatic carbocycles. The SMILES string of the molecule is COC(=O)CCCN(C)C(=O)c1cccc(C)c1O. The fraction of sp³-hybridized carbons (Fsp3) is 0.429. The molecule has 5 nitrogen and oxygen atoms in total. The molecule has 19 heavy (non-hydrogen) atoms. The van der Waals surface area contributed by atoms with Crippen LogP contribution in [0.25, 0.3) is 0 Å². The second kappa shape index (κ2) is 6.78. The van der Waals surface area contributed by atoms with Gasteiger partial charge in [0, 0.05) is 20.0 Å². The second-order valence-electron chi connectivity index (χ2n) is 4.38. The van der Waals surface area contributed by atoms with E-state index in [0.717, 1.165) is 0 Å². The van der Waals surface area contributed by atoms with Gasteiger partial charge in [-0.05, 0) is 25.0 Å². The number of aryl methyl sites for hydroxylation is 1. The topological polar surface area (TPSA) is 66.8 Å². The van der Waals surface area contributed by atoms with Crippen molar-refractivity contribution >= 4 is 11.9 Å². The molecular formula is C14H19NO4.